The third-order valence-electron chi connectivity index (χ3n) is 4.26. The first-order valence-corrected chi connectivity index (χ1v) is 7.53. The van der Waals surface area contributed by atoms with Crippen LogP contribution >= 0.6 is 0 Å². The van der Waals surface area contributed by atoms with Gasteiger partial charge in [0.05, 0.1) is 7.11 Å². The maximum atomic E-state index is 12.8. The number of aromatic nitrogens is 1. The van der Waals surface area contributed by atoms with Crippen LogP contribution in [0.2, 0.25) is 0 Å². The van der Waals surface area contributed by atoms with Gasteiger partial charge in [-0.3, -0.25) is 9.59 Å². The first-order valence-electron chi connectivity index (χ1n) is 7.53. The van der Waals surface area contributed by atoms with E-state index in [2.05, 4.69) is 5.32 Å². The molecule has 2 aliphatic heterocycles. The van der Waals surface area contributed by atoms with Gasteiger partial charge in [-0.15, -0.1) is 0 Å². The number of hydrogen-bond donors (Lipinski definition) is 1. The molecule has 0 saturated carbocycles. The average Bonchev–Trinajstić information content (AvgIpc) is 2.91. The molecule has 3 heterocycles. The zero-order chi connectivity index (χ0) is 14.8. The Labute approximate surface area is 123 Å². The summed E-state index contributed by atoms with van der Waals surface area (Å²) < 4.78 is 7.05. The summed E-state index contributed by atoms with van der Waals surface area (Å²) in [6, 6.07) is 1.44. The second kappa shape index (κ2) is 5.89. The van der Waals surface area contributed by atoms with Crippen LogP contribution < -0.4 is 15.6 Å². The highest BCUT2D eigenvalue weighted by Gasteiger charge is 2.28. The van der Waals surface area contributed by atoms with Gasteiger partial charge in [0.15, 0.2) is 0 Å². The van der Waals surface area contributed by atoms with Crippen LogP contribution in [0.4, 0.5) is 0 Å². The molecule has 0 aliphatic carbocycles. The molecule has 0 unspecified atom stereocenters. The predicted molar refractivity (Wildman–Crippen MR) is 79.0 cm³/mol. The fourth-order valence-corrected chi connectivity index (χ4v) is 3.17. The summed E-state index contributed by atoms with van der Waals surface area (Å²) in [6.07, 6.45) is 2.76. The summed E-state index contributed by atoms with van der Waals surface area (Å²) in [5, 5.41) is 3.27. The van der Waals surface area contributed by atoms with E-state index < -0.39 is 0 Å². The molecule has 3 rings (SSSR count). The molecule has 21 heavy (non-hydrogen) atoms. The molecule has 0 bridgehead atoms. The Bertz CT molecular complexity index is 603. The molecule has 0 aromatic carbocycles. The van der Waals surface area contributed by atoms with E-state index in [1.54, 1.807) is 4.57 Å². The van der Waals surface area contributed by atoms with E-state index in [1.165, 1.54) is 13.2 Å². The number of hydrogen-bond acceptors (Lipinski definition) is 4. The molecule has 6 nitrogen and oxygen atoms in total. The van der Waals surface area contributed by atoms with Crippen LogP contribution in [0.15, 0.2) is 10.9 Å². The highest BCUT2D eigenvalue weighted by atomic mass is 16.5. The average molecular weight is 291 g/mol. The van der Waals surface area contributed by atoms with Crippen molar-refractivity contribution in [2.75, 3.05) is 33.3 Å². The number of fused-ring (bicyclic) bond motifs is 1. The summed E-state index contributed by atoms with van der Waals surface area (Å²) in [5.41, 5.74) is 1.28. The molecular weight excluding hydrogens is 270 g/mol. The van der Waals surface area contributed by atoms with Crippen LogP contribution in [0.25, 0.3) is 0 Å². The number of rotatable bonds is 2. The van der Waals surface area contributed by atoms with Gasteiger partial charge in [0, 0.05) is 50.9 Å². The number of methoxy groups -OCH3 is 1. The zero-order valence-electron chi connectivity index (χ0n) is 12.4. The van der Waals surface area contributed by atoms with Crippen molar-refractivity contribution in [1.29, 1.82) is 0 Å². The maximum absolute atomic E-state index is 12.8. The minimum absolute atomic E-state index is 0.00463. The molecule has 0 radical (unpaired) electrons. The summed E-state index contributed by atoms with van der Waals surface area (Å²) in [7, 11) is 1.52. The summed E-state index contributed by atoms with van der Waals surface area (Å²) >= 11 is 0. The van der Waals surface area contributed by atoms with Crippen molar-refractivity contribution >= 4 is 5.91 Å². The van der Waals surface area contributed by atoms with E-state index in [-0.39, 0.29) is 11.5 Å². The highest BCUT2D eigenvalue weighted by molar-refractivity contribution is 5.98. The van der Waals surface area contributed by atoms with Gasteiger partial charge in [-0.2, -0.15) is 0 Å². The Morgan fingerprint density at radius 2 is 2.00 bits per heavy atom. The normalized spacial score (nSPS) is 18.2. The van der Waals surface area contributed by atoms with E-state index >= 15 is 0 Å². The number of nitrogens with zero attached hydrogens (tertiary/aromatic N) is 2. The lowest BCUT2D eigenvalue weighted by molar-refractivity contribution is 0.0787. The van der Waals surface area contributed by atoms with Gasteiger partial charge in [0.2, 0.25) is 0 Å². The fourth-order valence-electron chi connectivity index (χ4n) is 3.17. The topological polar surface area (TPSA) is 63.6 Å². The number of nitrogens with one attached hydrogen (secondary N) is 1. The lowest BCUT2D eigenvalue weighted by atomic mass is 10.1. The van der Waals surface area contributed by atoms with Gasteiger partial charge in [-0.05, 0) is 12.8 Å². The van der Waals surface area contributed by atoms with E-state index in [4.69, 9.17) is 4.74 Å². The number of amides is 1. The molecule has 6 heteroatoms. The molecule has 114 valence electrons. The van der Waals surface area contributed by atoms with Crippen LogP contribution in [0, 0.1) is 0 Å². The second-order valence-electron chi connectivity index (χ2n) is 5.52. The molecular formula is C15H21N3O3. The Balaban J connectivity index is 2.12. The molecule has 2 aliphatic rings. The third-order valence-corrected chi connectivity index (χ3v) is 4.26. The van der Waals surface area contributed by atoms with Gasteiger partial charge in [-0.25, -0.2) is 0 Å². The van der Waals surface area contributed by atoms with Gasteiger partial charge in [0.25, 0.3) is 11.5 Å². The van der Waals surface area contributed by atoms with Crippen molar-refractivity contribution in [2.45, 2.75) is 25.8 Å². The molecule has 1 saturated heterocycles. The smallest absolute Gasteiger partial charge is 0.259 e. The summed E-state index contributed by atoms with van der Waals surface area (Å²) in [6.45, 7) is 3.69. The maximum Gasteiger partial charge on any atom is 0.259 e. The third kappa shape index (κ3) is 2.55. The molecule has 1 N–H and O–H groups in total. The first-order chi connectivity index (χ1) is 10.2. The molecule has 1 amide bonds. The lowest BCUT2D eigenvalue weighted by Gasteiger charge is -2.21. The number of likely N-dealkylation sites (tertiary alicyclic amines) is 1. The standard InChI is InChI=1S/C15H21N3O3/c1-21-12-10-13(19)18-9-6-16-5-4-11(18)14(12)15(20)17-7-2-3-8-17/h10,16H,2-9H2,1H3. The number of carbonyl (C=O) groups is 1. The van der Waals surface area contributed by atoms with E-state index in [9.17, 15) is 9.59 Å². The van der Waals surface area contributed by atoms with E-state index in [0.717, 1.165) is 44.7 Å². The summed E-state index contributed by atoms with van der Waals surface area (Å²) in [5.74, 6) is 0.403. The van der Waals surface area contributed by atoms with Gasteiger partial charge < -0.3 is 19.5 Å². The van der Waals surface area contributed by atoms with Crippen LogP contribution in [-0.2, 0) is 13.0 Å². The Kier molecular flexibility index (Phi) is 3.96. The van der Waals surface area contributed by atoms with Crippen molar-refractivity contribution in [3.8, 4) is 5.75 Å². The monoisotopic (exact) mass is 291 g/mol. The van der Waals surface area contributed by atoms with E-state index in [1.807, 2.05) is 4.90 Å². The van der Waals surface area contributed by atoms with Crippen molar-refractivity contribution in [3.63, 3.8) is 0 Å². The minimum atomic E-state index is -0.0940. The predicted octanol–water partition coefficient (Wildman–Crippen LogP) is 0.239. The number of carbonyl (C=O) groups excluding carboxylic acids is 1. The van der Waals surface area contributed by atoms with Crippen molar-refractivity contribution < 1.29 is 9.53 Å². The molecule has 0 spiro atoms. The number of ether oxygens (including phenoxy) is 1. The quantitative estimate of drug-likeness (QED) is 0.848. The Morgan fingerprint density at radius 3 is 2.71 bits per heavy atom. The SMILES string of the molecule is COc1cc(=O)n2c(c1C(=O)N1CCCC1)CCNCC2. The highest BCUT2D eigenvalue weighted by Crippen LogP contribution is 2.25. The Hall–Kier alpha value is -1.82. The van der Waals surface area contributed by atoms with Crippen molar-refractivity contribution in [2.24, 2.45) is 0 Å². The van der Waals surface area contributed by atoms with Crippen molar-refractivity contribution in [3.05, 3.63) is 27.7 Å². The van der Waals surface area contributed by atoms with Crippen molar-refractivity contribution in [1.82, 2.24) is 14.8 Å². The largest absolute Gasteiger partial charge is 0.496 e. The molecule has 1 aromatic heterocycles. The molecule has 1 fully saturated rings. The molecule has 1 aromatic rings. The zero-order valence-corrected chi connectivity index (χ0v) is 12.4. The minimum Gasteiger partial charge on any atom is -0.496 e. The van der Waals surface area contributed by atoms with E-state index in [0.29, 0.717) is 24.3 Å². The fraction of sp³-hybridized carbons (Fsp3) is 0.600. The lowest BCUT2D eigenvalue weighted by Crippen LogP contribution is -2.33. The second-order valence-corrected chi connectivity index (χ2v) is 5.52. The van der Waals surface area contributed by atoms with Gasteiger partial charge in [0.1, 0.15) is 11.3 Å². The first kappa shape index (κ1) is 14.1. The van der Waals surface area contributed by atoms with Crippen LogP contribution in [0.5, 0.6) is 5.75 Å². The van der Waals surface area contributed by atoms with Crippen LogP contribution in [0.1, 0.15) is 28.9 Å². The summed E-state index contributed by atoms with van der Waals surface area (Å²) in [4.78, 5) is 26.9. The number of pyridine rings is 1. The Morgan fingerprint density at radius 1 is 1.24 bits per heavy atom. The van der Waals surface area contributed by atoms with Gasteiger partial charge >= 0.3 is 0 Å². The van der Waals surface area contributed by atoms with Gasteiger partial charge in [-0.1, -0.05) is 0 Å². The van der Waals surface area contributed by atoms with Crippen LogP contribution in [0.3, 0.4) is 0 Å². The molecule has 0 atom stereocenters. The van der Waals surface area contributed by atoms with Crippen LogP contribution in [-0.4, -0.2) is 48.7 Å².